The summed E-state index contributed by atoms with van der Waals surface area (Å²) in [4.78, 5) is 0. The maximum absolute atomic E-state index is 6.13. The van der Waals surface area contributed by atoms with Crippen LogP contribution in [0.3, 0.4) is 0 Å². The normalized spacial score (nSPS) is 12.2. The van der Waals surface area contributed by atoms with Crippen molar-refractivity contribution in [2.75, 3.05) is 11.5 Å². The summed E-state index contributed by atoms with van der Waals surface area (Å²) in [6, 6.07) is 14.8. The lowest BCUT2D eigenvalue weighted by Gasteiger charge is -2.16. The summed E-state index contributed by atoms with van der Waals surface area (Å²) >= 11 is 0. The molecule has 130 valence electrons. The van der Waals surface area contributed by atoms with Gasteiger partial charge in [0.2, 0.25) is 0 Å². The monoisotopic (exact) mass is 324 g/mol. The number of hydrogen-bond acceptors (Lipinski definition) is 2. The molecule has 4 N–H and O–H groups in total. The second kappa shape index (κ2) is 9.36. The van der Waals surface area contributed by atoms with Crippen LogP contribution in [0.5, 0.6) is 0 Å². The van der Waals surface area contributed by atoms with E-state index in [1.807, 2.05) is 18.2 Å². The minimum absolute atomic E-state index is 0.286. The molecule has 0 aliphatic carbocycles. The first-order valence-corrected chi connectivity index (χ1v) is 9.35. The van der Waals surface area contributed by atoms with Crippen molar-refractivity contribution in [1.29, 1.82) is 0 Å². The molecule has 0 aliphatic heterocycles. The van der Waals surface area contributed by atoms with Gasteiger partial charge in [-0.15, -0.1) is 0 Å². The fraction of sp³-hybridized carbons (Fsp3) is 0.455. The third-order valence-corrected chi connectivity index (χ3v) is 4.88. The van der Waals surface area contributed by atoms with Crippen molar-refractivity contribution in [3.05, 3.63) is 59.2 Å². The summed E-state index contributed by atoms with van der Waals surface area (Å²) < 4.78 is 0. The molecule has 0 aromatic heterocycles. The largest absolute Gasteiger partial charge is 0.399 e. The SMILES string of the molecule is CCCCCCCCc1ccc(C(C)c2ccc(N)cc2N)cc1. The number of hydrogen-bond donors (Lipinski definition) is 2. The van der Waals surface area contributed by atoms with Gasteiger partial charge in [-0.25, -0.2) is 0 Å². The lowest BCUT2D eigenvalue weighted by Crippen LogP contribution is -2.02. The number of unbranched alkanes of at least 4 members (excludes halogenated alkanes) is 5. The topological polar surface area (TPSA) is 52.0 Å². The zero-order valence-electron chi connectivity index (χ0n) is 15.2. The highest BCUT2D eigenvalue weighted by molar-refractivity contribution is 5.59. The van der Waals surface area contributed by atoms with E-state index in [1.54, 1.807) is 0 Å². The van der Waals surface area contributed by atoms with Crippen LogP contribution in [0.2, 0.25) is 0 Å². The van der Waals surface area contributed by atoms with E-state index in [0.717, 1.165) is 16.9 Å². The Balaban J connectivity index is 1.89. The van der Waals surface area contributed by atoms with E-state index in [1.165, 1.54) is 56.1 Å². The Morgan fingerprint density at radius 1 is 0.833 bits per heavy atom. The molecule has 0 amide bonds. The van der Waals surface area contributed by atoms with Crippen molar-refractivity contribution < 1.29 is 0 Å². The average molecular weight is 325 g/mol. The molecular formula is C22H32N2. The first kappa shape index (κ1) is 18.4. The zero-order valence-corrected chi connectivity index (χ0v) is 15.2. The molecule has 0 fully saturated rings. The lowest BCUT2D eigenvalue weighted by atomic mass is 9.91. The summed E-state index contributed by atoms with van der Waals surface area (Å²) in [6.45, 7) is 4.46. The van der Waals surface area contributed by atoms with Gasteiger partial charge in [0.05, 0.1) is 0 Å². The van der Waals surface area contributed by atoms with Crippen molar-refractivity contribution in [3.63, 3.8) is 0 Å². The van der Waals surface area contributed by atoms with Crippen molar-refractivity contribution in [2.24, 2.45) is 0 Å². The molecular weight excluding hydrogens is 292 g/mol. The molecule has 2 heteroatoms. The van der Waals surface area contributed by atoms with Crippen LogP contribution in [0.25, 0.3) is 0 Å². The maximum Gasteiger partial charge on any atom is 0.0373 e. The Morgan fingerprint density at radius 2 is 1.50 bits per heavy atom. The van der Waals surface area contributed by atoms with Crippen molar-refractivity contribution >= 4 is 11.4 Å². The summed E-state index contributed by atoms with van der Waals surface area (Å²) in [5, 5.41) is 0. The van der Waals surface area contributed by atoms with Gasteiger partial charge in [-0.1, -0.05) is 76.3 Å². The molecule has 0 spiro atoms. The molecule has 2 nitrogen and oxygen atoms in total. The van der Waals surface area contributed by atoms with Gasteiger partial charge in [-0.2, -0.15) is 0 Å². The molecule has 0 saturated carbocycles. The first-order valence-electron chi connectivity index (χ1n) is 9.35. The number of anilines is 2. The minimum Gasteiger partial charge on any atom is -0.399 e. The number of nitrogens with two attached hydrogens (primary N) is 2. The van der Waals surface area contributed by atoms with E-state index < -0.39 is 0 Å². The predicted octanol–water partition coefficient (Wildman–Crippen LogP) is 5.91. The Morgan fingerprint density at radius 3 is 2.17 bits per heavy atom. The number of nitrogen functional groups attached to an aromatic ring is 2. The van der Waals surface area contributed by atoms with Crippen LogP contribution in [-0.4, -0.2) is 0 Å². The van der Waals surface area contributed by atoms with Crippen LogP contribution in [-0.2, 0) is 6.42 Å². The first-order chi connectivity index (χ1) is 11.6. The quantitative estimate of drug-likeness (QED) is 0.445. The molecule has 2 aromatic rings. The zero-order chi connectivity index (χ0) is 17.4. The number of benzene rings is 2. The molecule has 2 aromatic carbocycles. The summed E-state index contributed by atoms with van der Waals surface area (Å²) in [5.41, 5.74) is 17.3. The van der Waals surface area contributed by atoms with Gasteiger partial charge in [0.25, 0.3) is 0 Å². The standard InChI is InChI=1S/C22H32N2/c1-3-4-5-6-7-8-9-18-10-12-19(13-11-18)17(2)21-15-14-20(23)16-22(21)24/h10-17H,3-9,23-24H2,1-2H3. The van der Waals surface area contributed by atoms with Gasteiger partial charge >= 0.3 is 0 Å². The highest BCUT2D eigenvalue weighted by atomic mass is 14.6. The molecule has 1 unspecified atom stereocenters. The van der Waals surface area contributed by atoms with Crippen LogP contribution in [0.4, 0.5) is 11.4 Å². The highest BCUT2D eigenvalue weighted by Crippen LogP contribution is 2.30. The Bertz CT molecular complexity index is 616. The molecule has 24 heavy (non-hydrogen) atoms. The van der Waals surface area contributed by atoms with E-state index in [9.17, 15) is 0 Å². The van der Waals surface area contributed by atoms with Crippen LogP contribution in [0.15, 0.2) is 42.5 Å². The van der Waals surface area contributed by atoms with E-state index in [0.29, 0.717) is 0 Å². The summed E-state index contributed by atoms with van der Waals surface area (Å²) in [5.74, 6) is 0.286. The van der Waals surface area contributed by atoms with Crippen molar-refractivity contribution in [3.8, 4) is 0 Å². The van der Waals surface area contributed by atoms with Gasteiger partial charge in [-0.05, 0) is 41.7 Å². The number of rotatable bonds is 9. The van der Waals surface area contributed by atoms with Crippen LogP contribution in [0.1, 0.15) is 75.0 Å². The second-order valence-electron chi connectivity index (χ2n) is 6.87. The molecule has 0 bridgehead atoms. The van der Waals surface area contributed by atoms with Gasteiger partial charge in [-0.3, -0.25) is 0 Å². The van der Waals surface area contributed by atoms with E-state index in [4.69, 9.17) is 11.5 Å². The Labute approximate surface area is 147 Å². The maximum atomic E-state index is 6.13. The predicted molar refractivity (Wildman–Crippen MR) is 106 cm³/mol. The highest BCUT2D eigenvalue weighted by Gasteiger charge is 2.11. The van der Waals surface area contributed by atoms with Gasteiger partial charge in [0.1, 0.15) is 0 Å². The lowest BCUT2D eigenvalue weighted by molar-refractivity contribution is 0.607. The van der Waals surface area contributed by atoms with E-state index >= 15 is 0 Å². The summed E-state index contributed by atoms with van der Waals surface area (Å²) in [7, 11) is 0. The molecule has 0 saturated heterocycles. The number of aryl methyl sites for hydroxylation is 1. The average Bonchev–Trinajstić information content (AvgIpc) is 2.58. The van der Waals surface area contributed by atoms with Gasteiger partial charge < -0.3 is 11.5 Å². The molecule has 0 aliphatic rings. The Hall–Kier alpha value is -1.96. The third-order valence-electron chi connectivity index (χ3n) is 4.88. The van der Waals surface area contributed by atoms with Crippen molar-refractivity contribution in [1.82, 2.24) is 0 Å². The molecule has 1 atom stereocenters. The van der Waals surface area contributed by atoms with Crippen LogP contribution >= 0.6 is 0 Å². The van der Waals surface area contributed by atoms with Gasteiger partial charge in [0, 0.05) is 17.3 Å². The van der Waals surface area contributed by atoms with Crippen molar-refractivity contribution in [2.45, 2.75) is 64.7 Å². The van der Waals surface area contributed by atoms with Crippen LogP contribution in [0, 0.1) is 0 Å². The van der Waals surface area contributed by atoms with Crippen LogP contribution < -0.4 is 11.5 Å². The van der Waals surface area contributed by atoms with Gasteiger partial charge in [0.15, 0.2) is 0 Å². The molecule has 0 heterocycles. The Kier molecular flexibility index (Phi) is 7.17. The summed E-state index contributed by atoms with van der Waals surface area (Å²) in [6.07, 6.45) is 9.28. The minimum atomic E-state index is 0.286. The van der Waals surface area contributed by atoms with E-state index in [2.05, 4.69) is 38.1 Å². The smallest absolute Gasteiger partial charge is 0.0373 e. The molecule has 0 radical (unpaired) electrons. The van der Waals surface area contributed by atoms with E-state index in [-0.39, 0.29) is 5.92 Å². The molecule has 2 rings (SSSR count). The second-order valence-corrected chi connectivity index (χ2v) is 6.87. The third kappa shape index (κ3) is 5.30. The fourth-order valence-corrected chi connectivity index (χ4v) is 3.25. The fourth-order valence-electron chi connectivity index (χ4n) is 3.25.